The Labute approximate surface area is 114 Å². The number of carbonyl (C=O) groups is 2. The predicted octanol–water partition coefficient (Wildman–Crippen LogP) is -0.207. The van der Waals surface area contributed by atoms with Crippen LogP contribution in [0.25, 0.3) is 0 Å². The first-order chi connectivity index (χ1) is 8.45. The van der Waals surface area contributed by atoms with Gasteiger partial charge in [0.2, 0.25) is 11.8 Å². The molecule has 1 saturated heterocycles. The average Bonchev–Trinajstić information content (AvgIpc) is 2.20. The SMILES string of the molecule is CC(C)C1NC(=O)CN(CC(C)(C)S(C)(=O)=O)C1=O. The van der Waals surface area contributed by atoms with Crippen LogP contribution in [0.1, 0.15) is 27.7 Å². The standard InChI is InChI=1S/C12H22N2O4S/c1-8(2)10-11(16)14(6-9(15)13-10)7-12(3,4)19(5,17)18/h8,10H,6-7H2,1-5H3,(H,13,15). The molecule has 0 bridgehead atoms. The number of nitrogens with zero attached hydrogens (tertiary/aromatic N) is 1. The lowest BCUT2D eigenvalue weighted by atomic mass is 10.00. The Morgan fingerprint density at radius 3 is 2.32 bits per heavy atom. The zero-order valence-corrected chi connectivity index (χ0v) is 12.9. The lowest BCUT2D eigenvalue weighted by Gasteiger charge is -2.38. The van der Waals surface area contributed by atoms with E-state index in [1.165, 1.54) is 4.90 Å². The van der Waals surface area contributed by atoms with Crippen LogP contribution in [0, 0.1) is 5.92 Å². The second kappa shape index (κ2) is 5.11. The monoisotopic (exact) mass is 290 g/mol. The summed E-state index contributed by atoms with van der Waals surface area (Å²) in [5.41, 5.74) is 0. The summed E-state index contributed by atoms with van der Waals surface area (Å²) >= 11 is 0. The summed E-state index contributed by atoms with van der Waals surface area (Å²) in [5, 5.41) is 2.64. The van der Waals surface area contributed by atoms with Crippen LogP contribution in [0.5, 0.6) is 0 Å². The van der Waals surface area contributed by atoms with Crippen molar-refractivity contribution in [2.24, 2.45) is 5.92 Å². The largest absolute Gasteiger partial charge is 0.343 e. The second-order valence-corrected chi connectivity index (χ2v) is 8.66. The van der Waals surface area contributed by atoms with Crippen molar-refractivity contribution in [3.63, 3.8) is 0 Å². The van der Waals surface area contributed by atoms with Crippen LogP contribution in [-0.4, -0.2) is 55.3 Å². The summed E-state index contributed by atoms with van der Waals surface area (Å²) in [6.45, 7) is 6.75. The van der Waals surface area contributed by atoms with E-state index in [1.807, 2.05) is 13.8 Å². The fourth-order valence-corrected chi connectivity index (χ4v) is 2.28. The average molecular weight is 290 g/mol. The van der Waals surface area contributed by atoms with Crippen LogP contribution in [0.4, 0.5) is 0 Å². The van der Waals surface area contributed by atoms with Crippen molar-refractivity contribution in [3.8, 4) is 0 Å². The van der Waals surface area contributed by atoms with Crippen molar-refractivity contribution in [1.82, 2.24) is 10.2 Å². The maximum absolute atomic E-state index is 12.2. The van der Waals surface area contributed by atoms with Gasteiger partial charge in [0.25, 0.3) is 0 Å². The first-order valence-electron chi connectivity index (χ1n) is 6.23. The lowest BCUT2D eigenvalue weighted by molar-refractivity contribution is -0.145. The van der Waals surface area contributed by atoms with Crippen LogP contribution in [0.3, 0.4) is 0 Å². The van der Waals surface area contributed by atoms with Crippen LogP contribution < -0.4 is 5.32 Å². The maximum Gasteiger partial charge on any atom is 0.245 e. The molecule has 1 aliphatic heterocycles. The van der Waals surface area contributed by atoms with E-state index in [0.717, 1.165) is 6.26 Å². The molecule has 0 aromatic rings. The Morgan fingerprint density at radius 1 is 1.37 bits per heavy atom. The summed E-state index contributed by atoms with van der Waals surface area (Å²) in [4.78, 5) is 25.2. The van der Waals surface area contributed by atoms with Crippen LogP contribution in [0.2, 0.25) is 0 Å². The number of amides is 2. The van der Waals surface area contributed by atoms with Crippen molar-refractivity contribution in [1.29, 1.82) is 0 Å². The molecular weight excluding hydrogens is 268 g/mol. The lowest BCUT2D eigenvalue weighted by Crippen LogP contribution is -2.62. The van der Waals surface area contributed by atoms with E-state index in [2.05, 4.69) is 5.32 Å². The number of sulfone groups is 1. The number of carbonyl (C=O) groups excluding carboxylic acids is 2. The van der Waals surface area contributed by atoms with E-state index in [-0.39, 0.29) is 30.8 Å². The highest BCUT2D eigenvalue weighted by atomic mass is 32.2. The van der Waals surface area contributed by atoms with Gasteiger partial charge in [-0.1, -0.05) is 13.8 Å². The number of piperazine rings is 1. The molecule has 0 radical (unpaired) electrons. The van der Waals surface area contributed by atoms with Gasteiger partial charge in [0, 0.05) is 12.8 Å². The van der Waals surface area contributed by atoms with Crippen LogP contribution >= 0.6 is 0 Å². The molecule has 0 aliphatic carbocycles. The zero-order valence-electron chi connectivity index (χ0n) is 12.1. The zero-order chi connectivity index (χ0) is 15.0. The summed E-state index contributed by atoms with van der Waals surface area (Å²) in [7, 11) is -3.31. The molecule has 1 unspecified atom stereocenters. The Hall–Kier alpha value is -1.11. The molecule has 0 spiro atoms. The number of rotatable bonds is 4. The van der Waals surface area contributed by atoms with E-state index >= 15 is 0 Å². The molecule has 1 N–H and O–H groups in total. The Morgan fingerprint density at radius 2 is 1.89 bits per heavy atom. The van der Waals surface area contributed by atoms with Gasteiger partial charge in [-0.25, -0.2) is 8.42 Å². The highest BCUT2D eigenvalue weighted by Gasteiger charge is 2.40. The first-order valence-corrected chi connectivity index (χ1v) is 8.12. The molecule has 0 saturated carbocycles. The molecule has 2 amide bonds. The highest BCUT2D eigenvalue weighted by Crippen LogP contribution is 2.20. The normalized spacial score (nSPS) is 21.8. The Bertz CT molecular complexity index is 482. The Kier molecular flexibility index (Phi) is 4.29. The number of hydrogen-bond acceptors (Lipinski definition) is 4. The summed E-state index contributed by atoms with van der Waals surface area (Å²) in [5.74, 6) is -0.491. The quantitative estimate of drug-likeness (QED) is 0.776. The molecule has 1 rings (SSSR count). The molecule has 1 aliphatic rings. The number of hydrogen-bond donors (Lipinski definition) is 1. The molecule has 1 fully saturated rings. The second-order valence-electron chi connectivity index (χ2n) is 6.02. The van der Waals surface area contributed by atoms with Gasteiger partial charge in [0.15, 0.2) is 9.84 Å². The predicted molar refractivity (Wildman–Crippen MR) is 72.3 cm³/mol. The molecular formula is C12H22N2O4S. The molecule has 6 nitrogen and oxygen atoms in total. The summed E-state index contributed by atoms with van der Waals surface area (Å²) in [6.07, 6.45) is 1.14. The molecule has 110 valence electrons. The van der Waals surface area contributed by atoms with Gasteiger partial charge in [-0.15, -0.1) is 0 Å². The molecule has 1 atom stereocenters. The smallest absolute Gasteiger partial charge is 0.245 e. The Balaban J connectivity index is 2.94. The topological polar surface area (TPSA) is 83.6 Å². The van der Waals surface area contributed by atoms with Crippen molar-refractivity contribution >= 4 is 21.7 Å². The fourth-order valence-electron chi connectivity index (χ4n) is 1.89. The van der Waals surface area contributed by atoms with E-state index in [0.29, 0.717) is 0 Å². The maximum atomic E-state index is 12.2. The molecule has 1 heterocycles. The number of nitrogens with one attached hydrogen (secondary N) is 1. The fraction of sp³-hybridized carbons (Fsp3) is 0.833. The minimum Gasteiger partial charge on any atom is -0.343 e. The third-order valence-corrected chi connectivity index (χ3v) is 5.61. The van der Waals surface area contributed by atoms with Gasteiger partial charge in [0.05, 0.1) is 11.3 Å². The van der Waals surface area contributed by atoms with Gasteiger partial charge in [-0.05, 0) is 19.8 Å². The third-order valence-electron chi connectivity index (χ3n) is 3.47. The van der Waals surface area contributed by atoms with Gasteiger partial charge >= 0.3 is 0 Å². The van der Waals surface area contributed by atoms with Crippen LogP contribution in [0.15, 0.2) is 0 Å². The van der Waals surface area contributed by atoms with E-state index in [9.17, 15) is 18.0 Å². The first kappa shape index (κ1) is 15.9. The van der Waals surface area contributed by atoms with Crippen molar-refractivity contribution in [2.75, 3.05) is 19.3 Å². The van der Waals surface area contributed by atoms with Gasteiger partial charge in [-0.3, -0.25) is 9.59 Å². The van der Waals surface area contributed by atoms with E-state index < -0.39 is 20.6 Å². The van der Waals surface area contributed by atoms with Gasteiger partial charge in [0.1, 0.15) is 6.04 Å². The van der Waals surface area contributed by atoms with Crippen molar-refractivity contribution in [3.05, 3.63) is 0 Å². The van der Waals surface area contributed by atoms with Crippen molar-refractivity contribution in [2.45, 2.75) is 38.5 Å². The molecule has 0 aromatic heterocycles. The van der Waals surface area contributed by atoms with Crippen LogP contribution in [-0.2, 0) is 19.4 Å². The molecule has 0 aromatic carbocycles. The van der Waals surface area contributed by atoms with Crippen molar-refractivity contribution < 1.29 is 18.0 Å². The van der Waals surface area contributed by atoms with E-state index in [1.54, 1.807) is 13.8 Å². The van der Waals surface area contributed by atoms with Gasteiger partial charge in [-0.2, -0.15) is 0 Å². The molecule has 7 heteroatoms. The minimum atomic E-state index is -3.31. The summed E-state index contributed by atoms with van der Waals surface area (Å²) in [6, 6.07) is -0.573. The highest BCUT2D eigenvalue weighted by molar-refractivity contribution is 7.92. The molecule has 19 heavy (non-hydrogen) atoms. The van der Waals surface area contributed by atoms with E-state index in [4.69, 9.17) is 0 Å². The summed E-state index contributed by atoms with van der Waals surface area (Å²) < 4.78 is 22.3. The third kappa shape index (κ3) is 3.46. The minimum absolute atomic E-state index is 0.0272. The van der Waals surface area contributed by atoms with Gasteiger partial charge < -0.3 is 10.2 Å².